The fourth-order valence-electron chi connectivity index (χ4n) is 1.59. The Morgan fingerprint density at radius 2 is 1.82 bits per heavy atom. The van der Waals surface area contributed by atoms with Gasteiger partial charge in [0.15, 0.2) is 0 Å². The molecule has 0 aliphatic carbocycles. The zero-order valence-electron chi connectivity index (χ0n) is 9.54. The molecule has 2 nitrogen and oxygen atoms in total. The summed E-state index contributed by atoms with van der Waals surface area (Å²) in [6, 6.07) is 4.57. The Morgan fingerprint density at radius 1 is 1.29 bits per heavy atom. The van der Waals surface area contributed by atoms with E-state index in [9.17, 15) is 18.0 Å². The highest BCUT2D eigenvalue weighted by atomic mass is 19.4. The summed E-state index contributed by atoms with van der Waals surface area (Å²) in [7, 11) is 1.26. The van der Waals surface area contributed by atoms with Crippen LogP contribution in [0.5, 0.6) is 0 Å². The van der Waals surface area contributed by atoms with E-state index in [-0.39, 0.29) is 0 Å². The van der Waals surface area contributed by atoms with Gasteiger partial charge in [0, 0.05) is 0 Å². The molecule has 5 heteroatoms. The molecule has 0 spiro atoms. The minimum absolute atomic E-state index is 0.438. The normalized spacial score (nSPS) is 13.2. The molecule has 17 heavy (non-hydrogen) atoms. The summed E-state index contributed by atoms with van der Waals surface area (Å²) in [5.41, 5.74) is -0.187. The summed E-state index contributed by atoms with van der Waals surface area (Å²) in [6.45, 7) is 1.78. The van der Waals surface area contributed by atoms with Gasteiger partial charge in [0.25, 0.3) is 0 Å². The van der Waals surface area contributed by atoms with Crippen LogP contribution in [0.3, 0.4) is 0 Å². The number of hydrogen-bond donors (Lipinski definition) is 0. The molecule has 0 saturated heterocycles. The topological polar surface area (TPSA) is 26.3 Å². The van der Waals surface area contributed by atoms with Crippen molar-refractivity contribution in [2.45, 2.75) is 25.4 Å². The monoisotopic (exact) mass is 246 g/mol. The molecule has 0 aromatic heterocycles. The van der Waals surface area contributed by atoms with Gasteiger partial charge in [-0.05, 0) is 24.1 Å². The van der Waals surface area contributed by atoms with Crippen molar-refractivity contribution < 1.29 is 22.7 Å². The molecular formula is C12H13F3O2. The van der Waals surface area contributed by atoms with Crippen molar-refractivity contribution in [3.63, 3.8) is 0 Å². The largest absolute Gasteiger partial charge is 0.469 e. The summed E-state index contributed by atoms with van der Waals surface area (Å²) < 4.78 is 41.6. The van der Waals surface area contributed by atoms with Crippen LogP contribution in [0.1, 0.15) is 30.4 Å². The summed E-state index contributed by atoms with van der Waals surface area (Å²) in [6.07, 6.45) is -3.87. The molecule has 1 rings (SSSR count). The van der Waals surface area contributed by atoms with Crippen LogP contribution in [0.25, 0.3) is 0 Å². The van der Waals surface area contributed by atoms with Crippen molar-refractivity contribution in [2.24, 2.45) is 0 Å². The van der Waals surface area contributed by atoms with E-state index in [0.29, 0.717) is 12.0 Å². The molecule has 1 atom stereocenters. The minimum atomic E-state index is -4.36. The molecule has 0 heterocycles. The highest BCUT2D eigenvalue weighted by Crippen LogP contribution is 2.30. The molecule has 0 radical (unpaired) electrons. The second-order valence-corrected chi connectivity index (χ2v) is 3.60. The number of benzene rings is 1. The molecular weight excluding hydrogens is 233 g/mol. The third-order valence-corrected chi connectivity index (χ3v) is 2.53. The van der Waals surface area contributed by atoms with Crippen molar-refractivity contribution in [3.8, 4) is 0 Å². The maximum atomic E-state index is 12.3. The van der Waals surface area contributed by atoms with Crippen molar-refractivity contribution in [3.05, 3.63) is 35.4 Å². The molecule has 94 valence electrons. The van der Waals surface area contributed by atoms with Gasteiger partial charge in [-0.3, -0.25) is 4.79 Å². The van der Waals surface area contributed by atoms with Crippen LogP contribution in [-0.2, 0) is 15.7 Å². The van der Waals surface area contributed by atoms with Gasteiger partial charge in [-0.25, -0.2) is 0 Å². The second kappa shape index (κ2) is 5.21. The molecule has 1 aromatic rings. The minimum Gasteiger partial charge on any atom is -0.469 e. The lowest BCUT2D eigenvalue weighted by Gasteiger charge is -2.14. The van der Waals surface area contributed by atoms with Gasteiger partial charge < -0.3 is 4.74 Å². The third kappa shape index (κ3) is 3.22. The number of carbonyl (C=O) groups excluding carboxylic acids is 1. The van der Waals surface area contributed by atoms with E-state index >= 15 is 0 Å². The maximum absolute atomic E-state index is 12.3. The van der Waals surface area contributed by atoms with E-state index in [1.807, 2.05) is 0 Å². The first-order valence-corrected chi connectivity index (χ1v) is 5.15. The van der Waals surface area contributed by atoms with Crippen LogP contribution in [0.2, 0.25) is 0 Å². The van der Waals surface area contributed by atoms with E-state index in [4.69, 9.17) is 0 Å². The number of methoxy groups -OCH3 is 1. The van der Waals surface area contributed by atoms with E-state index in [0.717, 1.165) is 12.1 Å². The molecule has 1 aromatic carbocycles. The van der Waals surface area contributed by atoms with E-state index in [2.05, 4.69) is 4.74 Å². The predicted octanol–water partition coefficient (Wildman–Crippen LogP) is 3.37. The number of rotatable bonds is 3. The van der Waals surface area contributed by atoms with Gasteiger partial charge in [0.1, 0.15) is 0 Å². The lowest BCUT2D eigenvalue weighted by molar-refractivity contribution is -0.142. The van der Waals surface area contributed by atoms with Crippen LogP contribution in [-0.4, -0.2) is 13.1 Å². The zero-order chi connectivity index (χ0) is 13.1. The van der Waals surface area contributed by atoms with Crippen molar-refractivity contribution in [1.82, 2.24) is 0 Å². The third-order valence-electron chi connectivity index (χ3n) is 2.53. The second-order valence-electron chi connectivity index (χ2n) is 3.60. The molecule has 1 unspecified atom stereocenters. The van der Waals surface area contributed by atoms with Gasteiger partial charge in [-0.2, -0.15) is 13.2 Å². The molecule has 0 aliphatic heterocycles. The number of esters is 1. The van der Waals surface area contributed by atoms with Gasteiger partial charge in [0.05, 0.1) is 18.6 Å². The molecule has 0 N–H and O–H groups in total. The Morgan fingerprint density at radius 3 is 2.18 bits per heavy atom. The zero-order valence-corrected chi connectivity index (χ0v) is 9.54. The number of halogens is 3. The Balaban J connectivity index is 2.97. The van der Waals surface area contributed by atoms with Crippen molar-refractivity contribution >= 4 is 5.97 Å². The average molecular weight is 246 g/mol. The average Bonchev–Trinajstić information content (AvgIpc) is 2.29. The number of hydrogen-bond acceptors (Lipinski definition) is 2. The first-order chi connectivity index (χ1) is 7.90. The molecule has 0 saturated carbocycles. The molecule has 0 fully saturated rings. The highest BCUT2D eigenvalue weighted by Gasteiger charge is 2.30. The van der Waals surface area contributed by atoms with Gasteiger partial charge in [0.2, 0.25) is 0 Å². The fraction of sp³-hybridized carbons (Fsp3) is 0.417. The van der Waals surface area contributed by atoms with Crippen LogP contribution in [0, 0.1) is 0 Å². The summed E-state index contributed by atoms with van der Waals surface area (Å²) in [5, 5.41) is 0. The SMILES string of the molecule is CCC(C(=O)OC)c1ccc(C(F)(F)F)cc1. The number of ether oxygens (including phenoxy) is 1. The van der Waals surface area contributed by atoms with Crippen molar-refractivity contribution in [1.29, 1.82) is 0 Å². The Bertz CT molecular complexity index is 382. The van der Waals surface area contributed by atoms with Gasteiger partial charge in [-0.1, -0.05) is 19.1 Å². The highest BCUT2D eigenvalue weighted by molar-refractivity contribution is 5.77. The van der Waals surface area contributed by atoms with Crippen LogP contribution >= 0.6 is 0 Å². The van der Waals surface area contributed by atoms with Crippen molar-refractivity contribution in [2.75, 3.05) is 7.11 Å². The smallest absolute Gasteiger partial charge is 0.416 e. The predicted molar refractivity (Wildman–Crippen MR) is 56.5 cm³/mol. The summed E-state index contributed by atoms with van der Waals surface area (Å²) >= 11 is 0. The van der Waals surface area contributed by atoms with Crippen LogP contribution < -0.4 is 0 Å². The van der Waals surface area contributed by atoms with Crippen LogP contribution in [0.4, 0.5) is 13.2 Å². The molecule has 0 bridgehead atoms. The molecule has 0 amide bonds. The number of carbonyl (C=O) groups is 1. The number of alkyl halides is 3. The first kappa shape index (κ1) is 13.5. The summed E-state index contributed by atoms with van der Waals surface area (Å²) in [4.78, 5) is 11.4. The van der Waals surface area contributed by atoms with Gasteiger partial charge in [-0.15, -0.1) is 0 Å². The summed E-state index contributed by atoms with van der Waals surface area (Å²) in [5.74, 6) is -0.949. The van der Waals surface area contributed by atoms with Gasteiger partial charge >= 0.3 is 12.1 Å². The fourth-order valence-corrected chi connectivity index (χ4v) is 1.59. The van der Waals surface area contributed by atoms with E-state index in [1.165, 1.54) is 19.2 Å². The lowest BCUT2D eigenvalue weighted by atomic mass is 9.95. The quantitative estimate of drug-likeness (QED) is 0.764. The molecule has 0 aliphatic rings. The standard InChI is InChI=1S/C12H13F3O2/c1-3-10(11(16)17-2)8-4-6-9(7-5-8)12(13,14)15/h4-7,10H,3H2,1-2H3. The van der Waals surface area contributed by atoms with E-state index < -0.39 is 23.6 Å². The Kier molecular flexibility index (Phi) is 4.15. The van der Waals surface area contributed by atoms with Crippen LogP contribution in [0.15, 0.2) is 24.3 Å². The first-order valence-electron chi connectivity index (χ1n) is 5.15. The van der Waals surface area contributed by atoms with E-state index in [1.54, 1.807) is 6.92 Å². The maximum Gasteiger partial charge on any atom is 0.416 e. The Hall–Kier alpha value is -1.52. The lowest BCUT2D eigenvalue weighted by Crippen LogP contribution is -2.14. The Labute approximate surface area is 97.4 Å².